The Balaban J connectivity index is 0.994. The molecule has 0 atom stereocenters. The van der Waals surface area contributed by atoms with Crippen LogP contribution >= 0.6 is 11.3 Å². The zero-order valence-electron chi connectivity index (χ0n) is 25.3. The van der Waals surface area contributed by atoms with Gasteiger partial charge >= 0.3 is 0 Å². The van der Waals surface area contributed by atoms with E-state index in [1.54, 1.807) is 17.4 Å². The Labute approximate surface area is 263 Å². The van der Waals surface area contributed by atoms with Crippen LogP contribution in [0.2, 0.25) is 0 Å². The lowest BCUT2D eigenvalue weighted by molar-refractivity contribution is -0.134. The van der Waals surface area contributed by atoms with Crippen LogP contribution in [0, 0.1) is 5.41 Å². The van der Waals surface area contributed by atoms with E-state index in [1.807, 2.05) is 46.7 Å². The molecule has 0 saturated carbocycles. The number of hydrogen-bond acceptors (Lipinski definition) is 6. The molecular formula is C35H42N4O4S. The molecule has 3 aliphatic rings. The standard InChI is InChI=1S/C35H42N4O4S/c40-32(29-12-6-10-27-24-39(33(41)31(27)29)25-28-11-7-23-44-28)36-17-21-38-19-15-35(16-20-38)14-5-1-2-8-26-9-3-4-13-30(26)43-22-18-37-34(35)42/h3-4,6-7,9-13,23H,1-2,5,8,14-22,24-25H2,(H,36,40)(H,37,42). The summed E-state index contributed by atoms with van der Waals surface area (Å²) in [5.41, 5.74) is 2.78. The SMILES string of the molecule is O=C(NCCN1CCC2(CCCCCc3ccccc3OCCNC2=O)CC1)c1cccc2c1C(=O)N(Cc1cccs1)C2. The second-order valence-corrected chi connectivity index (χ2v) is 13.3. The number of para-hydroxylation sites is 1. The minimum absolute atomic E-state index is 0.0810. The van der Waals surface area contributed by atoms with Gasteiger partial charge < -0.3 is 25.2 Å². The van der Waals surface area contributed by atoms with E-state index in [9.17, 15) is 14.4 Å². The third-order valence-electron chi connectivity index (χ3n) is 9.41. The van der Waals surface area contributed by atoms with Crippen LogP contribution in [-0.2, 0) is 24.3 Å². The maximum absolute atomic E-state index is 13.5. The molecule has 3 aliphatic heterocycles. The van der Waals surface area contributed by atoms with E-state index in [0.717, 1.165) is 74.2 Å². The largest absolute Gasteiger partial charge is 0.491 e. The van der Waals surface area contributed by atoms with Crippen LogP contribution in [0.5, 0.6) is 5.75 Å². The van der Waals surface area contributed by atoms with E-state index in [2.05, 4.69) is 27.7 Å². The molecule has 4 heterocycles. The summed E-state index contributed by atoms with van der Waals surface area (Å²) in [5.74, 6) is 0.788. The highest BCUT2D eigenvalue weighted by atomic mass is 32.1. The van der Waals surface area contributed by atoms with E-state index in [1.165, 1.54) is 5.56 Å². The molecule has 8 nitrogen and oxygen atoms in total. The van der Waals surface area contributed by atoms with Gasteiger partial charge in [0, 0.05) is 24.5 Å². The number of rotatable bonds is 6. The number of benzene rings is 2. The first-order chi connectivity index (χ1) is 21.5. The van der Waals surface area contributed by atoms with Gasteiger partial charge in [-0.2, -0.15) is 0 Å². The summed E-state index contributed by atoms with van der Waals surface area (Å²) in [6, 6.07) is 17.8. The third-order valence-corrected chi connectivity index (χ3v) is 10.3. The Morgan fingerprint density at radius 3 is 2.64 bits per heavy atom. The lowest BCUT2D eigenvalue weighted by Gasteiger charge is -2.41. The molecule has 9 heteroatoms. The fourth-order valence-electron chi connectivity index (χ4n) is 6.87. The molecule has 1 aromatic heterocycles. The quantitative estimate of drug-likeness (QED) is 0.407. The second kappa shape index (κ2) is 13.9. The van der Waals surface area contributed by atoms with Gasteiger partial charge in [-0.05, 0) is 79.9 Å². The second-order valence-electron chi connectivity index (χ2n) is 12.2. The van der Waals surface area contributed by atoms with Crippen molar-refractivity contribution in [2.24, 2.45) is 5.41 Å². The lowest BCUT2D eigenvalue weighted by Crippen LogP contribution is -2.50. The highest BCUT2D eigenvalue weighted by Gasteiger charge is 2.40. The number of thiophene rings is 1. The number of piperidine rings is 1. The number of amides is 3. The molecule has 0 unspecified atom stereocenters. The van der Waals surface area contributed by atoms with Crippen LogP contribution < -0.4 is 15.4 Å². The van der Waals surface area contributed by atoms with E-state index in [4.69, 9.17) is 4.74 Å². The average Bonchev–Trinajstić information content (AvgIpc) is 3.67. The maximum atomic E-state index is 13.5. The Bertz CT molecular complexity index is 1470. The van der Waals surface area contributed by atoms with Gasteiger partial charge in [-0.25, -0.2) is 0 Å². The predicted octanol–water partition coefficient (Wildman–Crippen LogP) is 5.03. The Hall–Kier alpha value is -3.69. The molecular weight excluding hydrogens is 572 g/mol. The fraction of sp³-hybridized carbons (Fsp3) is 0.457. The average molecular weight is 615 g/mol. The lowest BCUT2D eigenvalue weighted by atomic mass is 9.73. The number of likely N-dealkylation sites (tertiary alicyclic amines) is 1. The van der Waals surface area contributed by atoms with E-state index in [-0.39, 0.29) is 23.1 Å². The van der Waals surface area contributed by atoms with Crippen LogP contribution in [0.4, 0.5) is 0 Å². The number of carbonyl (C=O) groups excluding carboxylic acids is 3. The number of nitrogens with zero attached hydrogens (tertiary/aromatic N) is 2. The summed E-state index contributed by atoms with van der Waals surface area (Å²) in [6.45, 7) is 4.90. The highest BCUT2D eigenvalue weighted by Crippen LogP contribution is 2.37. The van der Waals surface area contributed by atoms with Crippen LogP contribution in [0.1, 0.15) is 75.2 Å². The van der Waals surface area contributed by atoms with Crippen molar-refractivity contribution in [3.63, 3.8) is 0 Å². The Morgan fingerprint density at radius 2 is 1.80 bits per heavy atom. The molecule has 44 heavy (non-hydrogen) atoms. The maximum Gasteiger partial charge on any atom is 0.255 e. The number of carbonyl (C=O) groups is 3. The molecule has 0 aliphatic carbocycles. The van der Waals surface area contributed by atoms with Gasteiger partial charge in [-0.15, -0.1) is 11.3 Å². The topological polar surface area (TPSA) is 91.0 Å². The van der Waals surface area contributed by atoms with Crippen molar-refractivity contribution in [1.29, 1.82) is 0 Å². The van der Waals surface area contributed by atoms with Crippen LogP contribution in [0.15, 0.2) is 60.0 Å². The third kappa shape index (κ3) is 6.84. The first-order valence-electron chi connectivity index (χ1n) is 16.0. The molecule has 0 bridgehead atoms. The van der Waals surface area contributed by atoms with Crippen molar-refractivity contribution in [3.8, 4) is 5.75 Å². The minimum Gasteiger partial charge on any atom is -0.491 e. The summed E-state index contributed by atoms with van der Waals surface area (Å²) in [4.78, 5) is 45.2. The van der Waals surface area contributed by atoms with Crippen molar-refractivity contribution in [1.82, 2.24) is 20.4 Å². The number of hydrogen-bond donors (Lipinski definition) is 2. The van der Waals surface area contributed by atoms with Crippen molar-refractivity contribution in [3.05, 3.63) is 87.1 Å². The van der Waals surface area contributed by atoms with Gasteiger partial charge in [-0.3, -0.25) is 14.4 Å². The van der Waals surface area contributed by atoms with E-state index >= 15 is 0 Å². The number of aryl methyl sites for hydroxylation is 1. The monoisotopic (exact) mass is 614 g/mol. The number of ether oxygens (including phenoxy) is 1. The molecule has 1 fully saturated rings. The first-order valence-corrected chi connectivity index (χ1v) is 16.8. The molecule has 1 saturated heterocycles. The zero-order chi connectivity index (χ0) is 30.4. The van der Waals surface area contributed by atoms with Gasteiger partial charge in [0.1, 0.15) is 12.4 Å². The molecule has 232 valence electrons. The Morgan fingerprint density at radius 1 is 0.955 bits per heavy atom. The zero-order valence-corrected chi connectivity index (χ0v) is 26.1. The van der Waals surface area contributed by atoms with Crippen LogP contribution in [0.25, 0.3) is 0 Å². The van der Waals surface area contributed by atoms with Gasteiger partial charge in [0.05, 0.1) is 29.6 Å². The molecule has 2 aromatic carbocycles. The van der Waals surface area contributed by atoms with Gasteiger partial charge in [0.25, 0.3) is 11.8 Å². The van der Waals surface area contributed by atoms with E-state index < -0.39 is 0 Å². The highest BCUT2D eigenvalue weighted by molar-refractivity contribution is 7.09. The fourth-order valence-corrected chi connectivity index (χ4v) is 7.58. The van der Waals surface area contributed by atoms with Gasteiger partial charge in [-0.1, -0.05) is 49.2 Å². The molecule has 3 aromatic rings. The molecule has 1 spiro atoms. The predicted molar refractivity (Wildman–Crippen MR) is 172 cm³/mol. The summed E-state index contributed by atoms with van der Waals surface area (Å²) >= 11 is 1.63. The van der Waals surface area contributed by atoms with Gasteiger partial charge in [0.15, 0.2) is 0 Å². The van der Waals surface area contributed by atoms with Crippen LogP contribution in [0.3, 0.4) is 0 Å². The molecule has 3 amide bonds. The normalized spacial score (nSPS) is 19.1. The number of fused-ring (bicyclic) bond motifs is 2. The summed E-state index contributed by atoms with van der Waals surface area (Å²) in [7, 11) is 0. The number of nitrogens with one attached hydrogen (secondary N) is 2. The molecule has 0 radical (unpaired) electrons. The molecule has 6 rings (SSSR count). The van der Waals surface area contributed by atoms with Crippen molar-refractivity contribution in [2.75, 3.05) is 39.3 Å². The summed E-state index contributed by atoms with van der Waals surface area (Å²) in [5, 5.41) is 8.24. The Kier molecular flexibility index (Phi) is 9.62. The first kappa shape index (κ1) is 30.3. The summed E-state index contributed by atoms with van der Waals surface area (Å²) < 4.78 is 6.02. The molecule has 2 N–H and O–H groups in total. The van der Waals surface area contributed by atoms with E-state index in [0.29, 0.717) is 50.5 Å². The minimum atomic E-state index is -0.347. The van der Waals surface area contributed by atoms with Gasteiger partial charge in [0.2, 0.25) is 5.91 Å². The summed E-state index contributed by atoms with van der Waals surface area (Å²) in [6.07, 6.45) is 6.75. The van der Waals surface area contributed by atoms with Crippen molar-refractivity contribution >= 4 is 29.1 Å². The van der Waals surface area contributed by atoms with Crippen LogP contribution in [-0.4, -0.2) is 66.9 Å². The van der Waals surface area contributed by atoms with Crippen molar-refractivity contribution < 1.29 is 19.1 Å². The smallest absolute Gasteiger partial charge is 0.255 e. The van der Waals surface area contributed by atoms with Crippen molar-refractivity contribution in [2.45, 2.75) is 58.0 Å².